The Bertz CT molecular complexity index is 899. The fraction of sp³-hybridized carbons (Fsp3) is 0.111. The van der Waals surface area contributed by atoms with E-state index in [1.54, 1.807) is 24.4 Å². The Morgan fingerprint density at radius 1 is 0.960 bits per heavy atom. The smallest absolute Gasteiger partial charge is 0.242 e. The minimum absolute atomic E-state index is 0.144. The number of aromatic nitrogens is 2. The molecule has 0 spiro atoms. The number of benzene rings is 1. The van der Waals surface area contributed by atoms with Crippen molar-refractivity contribution < 1.29 is 13.2 Å². The lowest BCUT2D eigenvalue weighted by molar-refractivity contribution is 0.301. The van der Waals surface area contributed by atoms with Gasteiger partial charge in [-0.3, -0.25) is 9.97 Å². The molecule has 128 valence electrons. The number of hydrogen-bond acceptors (Lipinski definition) is 5. The van der Waals surface area contributed by atoms with Gasteiger partial charge in [-0.1, -0.05) is 18.2 Å². The zero-order chi connectivity index (χ0) is 17.5. The van der Waals surface area contributed by atoms with Gasteiger partial charge in [-0.15, -0.1) is 0 Å². The SMILES string of the molecule is O=S(=O)(NCc1ccc(OCc2ccccn2)cc1)c1cccnc1. The van der Waals surface area contributed by atoms with Crippen LogP contribution in [0.25, 0.3) is 0 Å². The van der Waals surface area contributed by atoms with Crippen LogP contribution >= 0.6 is 0 Å². The standard InChI is InChI=1S/C18H17N3O3S/c22-25(23,18-5-3-10-19-13-18)21-12-15-6-8-17(9-7-15)24-14-16-4-1-2-11-20-16/h1-11,13,21H,12,14H2. The molecule has 1 aromatic carbocycles. The Balaban J connectivity index is 1.56. The Morgan fingerprint density at radius 3 is 2.48 bits per heavy atom. The maximum Gasteiger partial charge on any atom is 0.242 e. The van der Waals surface area contributed by atoms with E-state index in [2.05, 4.69) is 14.7 Å². The Hall–Kier alpha value is -2.77. The van der Waals surface area contributed by atoms with E-state index in [0.717, 1.165) is 11.3 Å². The van der Waals surface area contributed by atoms with Gasteiger partial charge in [-0.25, -0.2) is 13.1 Å². The van der Waals surface area contributed by atoms with Crippen molar-refractivity contribution in [3.8, 4) is 5.75 Å². The van der Waals surface area contributed by atoms with E-state index < -0.39 is 10.0 Å². The van der Waals surface area contributed by atoms with Gasteiger partial charge in [0.05, 0.1) is 5.69 Å². The molecule has 3 aromatic rings. The van der Waals surface area contributed by atoms with Crippen molar-refractivity contribution in [2.75, 3.05) is 0 Å². The van der Waals surface area contributed by atoms with E-state index in [9.17, 15) is 8.42 Å². The average Bonchev–Trinajstić information content (AvgIpc) is 2.67. The molecule has 0 radical (unpaired) electrons. The van der Waals surface area contributed by atoms with Crippen molar-refractivity contribution in [2.24, 2.45) is 0 Å². The van der Waals surface area contributed by atoms with Gasteiger partial charge in [0.1, 0.15) is 17.3 Å². The Labute approximate surface area is 146 Å². The minimum Gasteiger partial charge on any atom is -0.487 e. The summed E-state index contributed by atoms with van der Waals surface area (Å²) in [5, 5.41) is 0. The third-order valence-electron chi connectivity index (χ3n) is 3.45. The second kappa shape index (κ2) is 7.87. The summed E-state index contributed by atoms with van der Waals surface area (Å²) in [5.41, 5.74) is 1.67. The molecular weight excluding hydrogens is 338 g/mol. The van der Waals surface area contributed by atoms with Crippen LogP contribution in [-0.2, 0) is 23.2 Å². The van der Waals surface area contributed by atoms with E-state index in [-0.39, 0.29) is 11.4 Å². The Morgan fingerprint density at radius 2 is 1.80 bits per heavy atom. The maximum atomic E-state index is 12.1. The summed E-state index contributed by atoms with van der Waals surface area (Å²) in [5.74, 6) is 0.699. The summed E-state index contributed by atoms with van der Waals surface area (Å²) in [7, 11) is -3.57. The van der Waals surface area contributed by atoms with Gasteiger partial charge in [0.2, 0.25) is 10.0 Å². The van der Waals surface area contributed by atoms with E-state index in [0.29, 0.717) is 12.4 Å². The molecule has 0 saturated carbocycles. The second-order valence-electron chi connectivity index (χ2n) is 5.27. The van der Waals surface area contributed by atoms with Crippen LogP contribution in [-0.4, -0.2) is 18.4 Å². The molecular formula is C18H17N3O3S. The monoisotopic (exact) mass is 355 g/mol. The molecule has 0 aliphatic heterocycles. The lowest BCUT2D eigenvalue weighted by atomic mass is 10.2. The van der Waals surface area contributed by atoms with Crippen molar-refractivity contribution in [1.82, 2.24) is 14.7 Å². The maximum absolute atomic E-state index is 12.1. The molecule has 2 aromatic heterocycles. The fourth-order valence-corrected chi connectivity index (χ4v) is 3.09. The van der Waals surface area contributed by atoms with Crippen LogP contribution in [0.3, 0.4) is 0 Å². The van der Waals surface area contributed by atoms with Crippen LogP contribution in [0, 0.1) is 0 Å². The van der Waals surface area contributed by atoms with Crippen LogP contribution < -0.4 is 9.46 Å². The molecule has 0 aliphatic carbocycles. The molecule has 0 amide bonds. The number of nitrogens with zero attached hydrogens (tertiary/aromatic N) is 2. The van der Waals surface area contributed by atoms with E-state index >= 15 is 0 Å². The molecule has 1 N–H and O–H groups in total. The molecule has 7 heteroatoms. The first-order valence-electron chi connectivity index (χ1n) is 7.65. The summed E-state index contributed by atoms with van der Waals surface area (Å²) in [6, 6.07) is 16.0. The first kappa shape index (κ1) is 17.1. The molecule has 25 heavy (non-hydrogen) atoms. The third kappa shape index (κ3) is 4.85. The molecule has 0 saturated heterocycles. The molecule has 2 heterocycles. The van der Waals surface area contributed by atoms with Gasteiger partial charge in [-0.2, -0.15) is 0 Å². The van der Waals surface area contributed by atoms with Crippen LogP contribution in [0.1, 0.15) is 11.3 Å². The van der Waals surface area contributed by atoms with Gasteiger partial charge >= 0.3 is 0 Å². The van der Waals surface area contributed by atoms with Crippen molar-refractivity contribution in [3.05, 3.63) is 84.4 Å². The number of sulfonamides is 1. The number of ether oxygens (including phenoxy) is 1. The molecule has 0 unspecified atom stereocenters. The predicted octanol–water partition coefficient (Wildman–Crippen LogP) is 2.53. The van der Waals surface area contributed by atoms with Crippen LogP contribution in [0.15, 0.2) is 78.1 Å². The highest BCUT2D eigenvalue weighted by atomic mass is 32.2. The lowest BCUT2D eigenvalue weighted by Gasteiger charge is -2.08. The number of rotatable bonds is 7. The number of pyridine rings is 2. The lowest BCUT2D eigenvalue weighted by Crippen LogP contribution is -2.23. The zero-order valence-corrected chi connectivity index (χ0v) is 14.2. The molecule has 6 nitrogen and oxygen atoms in total. The van der Waals surface area contributed by atoms with Gasteiger partial charge in [-0.05, 0) is 42.0 Å². The van der Waals surface area contributed by atoms with Crippen molar-refractivity contribution in [3.63, 3.8) is 0 Å². The van der Waals surface area contributed by atoms with Gasteiger partial charge < -0.3 is 4.74 Å². The highest BCUT2D eigenvalue weighted by molar-refractivity contribution is 7.89. The highest BCUT2D eigenvalue weighted by Crippen LogP contribution is 2.14. The molecule has 0 bridgehead atoms. The molecule has 0 aliphatic rings. The first-order valence-corrected chi connectivity index (χ1v) is 9.13. The molecule has 0 fully saturated rings. The van der Waals surface area contributed by atoms with Crippen molar-refractivity contribution in [2.45, 2.75) is 18.0 Å². The van der Waals surface area contributed by atoms with E-state index in [4.69, 9.17) is 4.74 Å². The topological polar surface area (TPSA) is 81.2 Å². The number of nitrogens with one attached hydrogen (secondary N) is 1. The van der Waals surface area contributed by atoms with E-state index in [1.807, 2.05) is 30.3 Å². The van der Waals surface area contributed by atoms with Crippen LogP contribution in [0.5, 0.6) is 5.75 Å². The molecule has 3 rings (SSSR count). The van der Waals surface area contributed by atoms with Gasteiger partial charge in [0, 0.05) is 25.1 Å². The summed E-state index contributed by atoms with van der Waals surface area (Å²) in [6.07, 6.45) is 4.57. The summed E-state index contributed by atoms with van der Waals surface area (Å²) in [6.45, 7) is 0.575. The second-order valence-corrected chi connectivity index (χ2v) is 7.03. The minimum atomic E-state index is -3.57. The first-order chi connectivity index (χ1) is 12.1. The summed E-state index contributed by atoms with van der Waals surface area (Å²) < 4.78 is 32.5. The summed E-state index contributed by atoms with van der Waals surface area (Å²) >= 11 is 0. The fourth-order valence-electron chi connectivity index (χ4n) is 2.11. The predicted molar refractivity (Wildman–Crippen MR) is 93.3 cm³/mol. The summed E-state index contributed by atoms with van der Waals surface area (Å²) in [4.78, 5) is 8.16. The van der Waals surface area contributed by atoms with Gasteiger partial charge in [0.25, 0.3) is 0 Å². The van der Waals surface area contributed by atoms with E-state index in [1.165, 1.54) is 18.5 Å². The van der Waals surface area contributed by atoms with Crippen molar-refractivity contribution >= 4 is 10.0 Å². The Kier molecular flexibility index (Phi) is 5.37. The van der Waals surface area contributed by atoms with Crippen LogP contribution in [0.4, 0.5) is 0 Å². The van der Waals surface area contributed by atoms with Gasteiger partial charge in [0.15, 0.2) is 0 Å². The van der Waals surface area contributed by atoms with Crippen molar-refractivity contribution in [1.29, 1.82) is 0 Å². The highest BCUT2D eigenvalue weighted by Gasteiger charge is 2.13. The normalized spacial score (nSPS) is 11.2. The average molecular weight is 355 g/mol. The number of hydrogen-bond donors (Lipinski definition) is 1. The third-order valence-corrected chi connectivity index (χ3v) is 4.83. The van der Waals surface area contributed by atoms with Crippen LogP contribution in [0.2, 0.25) is 0 Å². The molecule has 0 atom stereocenters. The quantitative estimate of drug-likeness (QED) is 0.704. The zero-order valence-electron chi connectivity index (χ0n) is 13.4. The largest absolute Gasteiger partial charge is 0.487 e.